The van der Waals surface area contributed by atoms with Gasteiger partial charge in [0.2, 0.25) is 0 Å². The average Bonchev–Trinajstić information content (AvgIpc) is 2.97. The third kappa shape index (κ3) is 4.01. The van der Waals surface area contributed by atoms with E-state index in [0.717, 1.165) is 94.7 Å². The molecular formula is C30H54Y-2. The molecule has 4 fully saturated rings. The minimum Gasteiger partial charge on any atom is -0.346 e. The number of hydrogen-bond donors (Lipinski definition) is 0. The van der Waals surface area contributed by atoms with Crippen LogP contribution in [-0.4, -0.2) is 0 Å². The summed E-state index contributed by atoms with van der Waals surface area (Å²) in [5.41, 5.74) is 0. The van der Waals surface area contributed by atoms with Crippen LogP contribution in [0.2, 0.25) is 0 Å². The van der Waals surface area contributed by atoms with Crippen molar-refractivity contribution in [3.63, 3.8) is 0 Å². The van der Waals surface area contributed by atoms with E-state index in [9.17, 15) is 0 Å². The molecule has 0 spiro atoms. The van der Waals surface area contributed by atoms with Gasteiger partial charge in [-0.1, -0.05) is 81.1 Å². The molecule has 16 atom stereocenters. The fraction of sp³-hybridized carbons (Fsp3) is 0.933. The molecule has 1 heteroatoms. The van der Waals surface area contributed by atoms with E-state index in [-0.39, 0.29) is 32.7 Å². The molecule has 1 radical (unpaired) electrons. The van der Waals surface area contributed by atoms with Crippen molar-refractivity contribution in [3.05, 3.63) is 13.8 Å². The van der Waals surface area contributed by atoms with Gasteiger partial charge in [-0.3, -0.25) is 0 Å². The Morgan fingerprint density at radius 2 is 0.484 bits per heavy atom. The summed E-state index contributed by atoms with van der Waals surface area (Å²) in [5.74, 6) is 14.9. The summed E-state index contributed by atoms with van der Waals surface area (Å²) >= 11 is 0. The first-order chi connectivity index (χ1) is 14.0. The van der Waals surface area contributed by atoms with Gasteiger partial charge in [-0.25, -0.2) is 0 Å². The van der Waals surface area contributed by atoms with Gasteiger partial charge < -0.3 is 13.8 Å². The van der Waals surface area contributed by atoms with E-state index in [4.69, 9.17) is 6.92 Å². The summed E-state index contributed by atoms with van der Waals surface area (Å²) in [6.07, 6.45) is 0. The second kappa shape index (κ2) is 10.4. The summed E-state index contributed by atoms with van der Waals surface area (Å²) in [6.45, 7) is 35.8. The van der Waals surface area contributed by atoms with E-state index in [1.165, 1.54) is 0 Å². The molecule has 0 N–H and O–H groups in total. The van der Waals surface area contributed by atoms with E-state index in [0.29, 0.717) is 5.92 Å². The second-order valence-corrected chi connectivity index (χ2v) is 12.7. The maximum atomic E-state index is 4.76. The first-order valence-electron chi connectivity index (χ1n) is 13.6. The zero-order valence-electron chi connectivity index (χ0n) is 22.8. The van der Waals surface area contributed by atoms with E-state index < -0.39 is 0 Å². The predicted octanol–water partition coefficient (Wildman–Crippen LogP) is 8.39. The third-order valence-electron chi connectivity index (χ3n) is 12.6. The molecule has 0 heterocycles. The van der Waals surface area contributed by atoms with Crippen molar-refractivity contribution >= 4 is 0 Å². The van der Waals surface area contributed by atoms with Crippen molar-refractivity contribution in [2.24, 2.45) is 101 Å². The maximum absolute atomic E-state index is 4.76. The second-order valence-electron chi connectivity index (χ2n) is 12.7. The Balaban J connectivity index is 0.00000111. The van der Waals surface area contributed by atoms with E-state index in [1.807, 2.05) is 0 Å². The molecule has 0 saturated heterocycles. The van der Waals surface area contributed by atoms with Crippen LogP contribution in [0.1, 0.15) is 76.2 Å². The van der Waals surface area contributed by atoms with Crippen LogP contribution in [0.4, 0.5) is 0 Å². The largest absolute Gasteiger partial charge is 0.346 e. The molecule has 0 aromatic carbocycles. The summed E-state index contributed by atoms with van der Waals surface area (Å²) in [7, 11) is 0. The van der Waals surface area contributed by atoms with Gasteiger partial charge in [0.1, 0.15) is 0 Å². The first kappa shape index (κ1) is 28.3. The Kier molecular flexibility index (Phi) is 9.49. The Hall–Kier alpha value is 1.10. The van der Waals surface area contributed by atoms with E-state index >= 15 is 0 Å². The number of rotatable bonds is 0. The van der Waals surface area contributed by atoms with E-state index in [2.05, 4.69) is 76.2 Å². The predicted molar refractivity (Wildman–Crippen MR) is 132 cm³/mol. The summed E-state index contributed by atoms with van der Waals surface area (Å²) in [6, 6.07) is 0. The summed E-state index contributed by atoms with van der Waals surface area (Å²) in [4.78, 5) is 0. The molecule has 4 rings (SSSR count). The number of hydrogen-bond acceptors (Lipinski definition) is 0. The average molecular weight is 504 g/mol. The van der Waals surface area contributed by atoms with Crippen LogP contribution in [-0.2, 0) is 32.7 Å². The molecule has 0 amide bonds. The molecule has 0 nitrogen and oxygen atoms in total. The quantitative estimate of drug-likeness (QED) is 0.291. The molecule has 0 aliphatic heterocycles. The molecule has 179 valence electrons. The van der Waals surface area contributed by atoms with Crippen molar-refractivity contribution < 1.29 is 32.7 Å². The Labute approximate surface area is 222 Å². The van der Waals surface area contributed by atoms with Crippen molar-refractivity contribution in [2.45, 2.75) is 76.2 Å². The molecule has 4 aliphatic carbocycles. The molecule has 31 heavy (non-hydrogen) atoms. The van der Waals surface area contributed by atoms with Crippen LogP contribution in [0.25, 0.3) is 0 Å². The Morgan fingerprint density at radius 1 is 0.323 bits per heavy atom. The first-order valence-corrected chi connectivity index (χ1v) is 13.6. The minimum atomic E-state index is 0. The SMILES string of the molecule is [CH2-]C.[CH2-]C1C(C)C2C(C1C)C1C(C)C(C)C(C)C(C)C1C1C(C)C(C)C(C)C(C)C21.[Y]. The van der Waals surface area contributed by atoms with Crippen LogP contribution in [0.15, 0.2) is 0 Å². The third-order valence-corrected chi connectivity index (χ3v) is 12.6. The van der Waals surface area contributed by atoms with Gasteiger partial charge in [0.05, 0.1) is 0 Å². The standard InChI is InChI=1S/C28H49.C2H5.Y/c1-12-14(3)19(8)25-23(17(12)6)24-18(7)13(2)15(4)20(9)26(24)28-22(11)16(5)21(10)27(25)28;1-2;/h12-28H,5H2,1-4,6-11H3;1H2,2H3;/q2*-1;. The monoisotopic (exact) mass is 503 g/mol. The molecule has 4 saturated carbocycles. The molecule has 16 unspecified atom stereocenters. The van der Waals surface area contributed by atoms with Crippen molar-refractivity contribution in [1.82, 2.24) is 0 Å². The molecule has 0 aromatic heterocycles. The zero-order chi connectivity index (χ0) is 22.8. The van der Waals surface area contributed by atoms with Crippen molar-refractivity contribution in [2.75, 3.05) is 0 Å². The molecule has 0 aromatic rings. The maximum Gasteiger partial charge on any atom is 0 e. The topological polar surface area (TPSA) is 0 Å². The van der Waals surface area contributed by atoms with Gasteiger partial charge >= 0.3 is 0 Å². The fourth-order valence-corrected chi connectivity index (χ4v) is 10.1. The van der Waals surface area contributed by atoms with Crippen LogP contribution in [0.5, 0.6) is 0 Å². The molecule has 4 aliphatic rings. The molecule has 0 bridgehead atoms. The van der Waals surface area contributed by atoms with E-state index in [1.54, 1.807) is 6.92 Å². The van der Waals surface area contributed by atoms with Gasteiger partial charge in [-0.2, -0.15) is 12.8 Å². The van der Waals surface area contributed by atoms with Gasteiger partial charge in [-0.15, -0.1) is 0 Å². The van der Waals surface area contributed by atoms with Crippen LogP contribution in [0.3, 0.4) is 0 Å². The van der Waals surface area contributed by atoms with Crippen LogP contribution < -0.4 is 0 Å². The van der Waals surface area contributed by atoms with Crippen molar-refractivity contribution in [3.8, 4) is 0 Å². The minimum absolute atomic E-state index is 0. The van der Waals surface area contributed by atoms with Crippen LogP contribution in [0, 0.1) is 114 Å². The fourth-order valence-electron chi connectivity index (χ4n) is 10.1. The van der Waals surface area contributed by atoms with Gasteiger partial charge in [0.15, 0.2) is 0 Å². The smallest absolute Gasteiger partial charge is 0 e. The van der Waals surface area contributed by atoms with Crippen LogP contribution >= 0.6 is 0 Å². The summed E-state index contributed by atoms with van der Waals surface area (Å²) < 4.78 is 0. The molecular weight excluding hydrogens is 449 g/mol. The van der Waals surface area contributed by atoms with Gasteiger partial charge in [-0.05, 0) is 82.9 Å². The normalized spacial score (nSPS) is 60.5. The van der Waals surface area contributed by atoms with Gasteiger partial charge in [0, 0.05) is 32.7 Å². The number of fused-ring (bicyclic) bond motifs is 6. The van der Waals surface area contributed by atoms with Crippen molar-refractivity contribution in [1.29, 1.82) is 0 Å². The Bertz CT molecular complexity index is 535. The van der Waals surface area contributed by atoms with Gasteiger partial charge in [0.25, 0.3) is 0 Å². The summed E-state index contributed by atoms with van der Waals surface area (Å²) in [5, 5.41) is 0. The zero-order valence-corrected chi connectivity index (χ0v) is 25.6. The Morgan fingerprint density at radius 3 is 0.677 bits per heavy atom.